The fraction of sp³-hybridized carbons (Fsp3) is 0.684. The van der Waals surface area contributed by atoms with Crippen LogP contribution in [0.15, 0.2) is 23.3 Å². The number of halogens is 2. The summed E-state index contributed by atoms with van der Waals surface area (Å²) in [5.41, 5.74) is 0. The highest BCUT2D eigenvalue weighted by atomic mass is 127. The Hall–Kier alpha value is -1.16. The van der Waals surface area contributed by atoms with Crippen LogP contribution in [0.3, 0.4) is 0 Å². The minimum Gasteiger partial charge on any atom is -0.356 e. The van der Waals surface area contributed by atoms with E-state index in [1.165, 1.54) is 38.4 Å². The van der Waals surface area contributed by atoms with Gasteiger partial charge >= 0.3 is 0 Å². The molecule has 152 valence electrons. The minimum atomic E-state index is -0.256. The maximum Gasteiger partial charge on any atom is 0.191 e. The van der Waals surface area contributed by atoms with Crippen molar-refractivity contribution in [3.63, 3.8) is 0 Å². The number of likely N-dealkylation sites (tertiary alicyclic amines) is 1. The van der Waals surface area contributed by atoms with Crippen LogP contribution in [-0.2, 0) is 0 Å². The first-order valence-electron chi connectivity index (χ1n) is 9.67. The number of aromatic nitrogens is 1. The molecule has 0 spiro atoms. The van der Waals surface area contributed by atoms with Crippen molar-refractivity contribution in [1.82, 2.24) is 20.5 Å². The summed E-state index contributed by atoms with van der Waals surface area (Å²) in [6, 6.07) is 3.35. The molecule has 8 heteroatoms. The average Bonchev–Trinajstić information content (AvgIpc) is 3.11. The number of guanidine groups is 1. The number of nitrogens with zero attached hydrogens (tertiary/aromatic N) is 4. The summed E-state index contributed by atoms with van der Waals surface area (Å²) >= 11 is 0. The summed E-state index contributed by atoms with van der Waals surface area (Å²) in [6.07, 6.45) is 6.35. The minimum absolute atomic E-state index is 0. The Labute approximate surface area is 179 Å². The Morgan fingerprint density at radius 3 is 2.78 bits per heavy atom. The van der Waals surface area contributed by atoms with E-state index in [1.807, 2.05) is 4.90 Å². The van der Waals surface area contributed by atoms with E-state index in [0.29, 0.717) is 5.82 Å². The first-order valence-corrected chi connectivity index (χ1v) is 9.67. The van der Waals surface area contributed by atoms with Gasteiger partial charge in [-0.15, -0.1) is 24.0 Å². The zero-order valence-corrected chi connectivity index (χ0v) is 18.7. The highest BCUT2D eigenvalue weighted by Crippen LogP contribution is 2.21. The smallest absolute Gasteiger partial charge is 0.191 e. The van der Waals surface area contributed by atoms with Crippen LogP contribution in [0.2, 0.25) is 0 Å². The van der Waals surface area contributed by atoms with Gasteiger partial charge in [0, 0.05) is 38.9 Å². The molecule has 0 radical (unpaired) electrons. The Bertz CT molecular complexity index is 606. The number of anilines is 1. The monoisotopic (exact) mass is 490 g/mol. The zero-order chi connectivity index (χ0) is 18.4. The summed E-state index contributed by atoms with van der Waals surface area (Å²) in [4.78, 5) is 12.9. The van der Waals surface area contributed by atoms with Gasteiger partial charge in [-0.2, -0.15) is 0 Å². The SMILES string of the molecule is CN=C(NCCC1CCN(C)CC1)NC1CCN(c2ncccc2F)C1.I. The van der Waals surface area contributed by atoms with E-state index in [-0.39, 0.29) is 35.8 Å². The van der Waals surface area contributed by atoms with Crippen molar-refractivity contribution in [2.75, 3.05) is 51.7 Å². The van der Waals surface area contributed by atoms with Crippen LogP contribution in [0, 0.1) is 11.7 Å². The molecule has 0 amide bonds. The number of pyridine rings is 1. The van der Waals surface area contributed by atoms with Gasteiger partial charge in [-0.05, 0) is 63.9 Å². The second kappa shape index (κ2) is 11.0. The van der Waals surface area contributed by atoms with Crippen LogP contribution in [-0.4, -0.2) is 68.7 Å². The van der Waals surface area contributed by atoms with Gasteiger partial charge in [-0.3, -0.25) is 4.99 Å². The molecule has 2 N–H and O–H groups in total. The normalized spacial score (nSPS) is 21.8. The molecule has 2 saturated heterocycles. The van der Waals surface area contributed by atoms with E-state index in [1.54, 1.807) is 19.3 Å². The summed E-state index contributed by atoms with van der Waals surface area (Å²) in [6.45, 7) is 4.90. The lowest BCUT2D eigenvalue weighted by Gasteiger charge is -2.29. The number of hydrogen-bond acceptors (Lipinski definition) is 4. The summed E-state index contributed by atoms with van der Waals surface area (Å²) < 4.78 is 13.9. The molecule has 1 aromatic heterocycles. The average molecular weight is 490 g/mol. The first kappa shape index (κ1) is 22.1. The van der Waals surface area contributed by atoms with Gasteiger partial charge in [0.05, 0.1) is 0 Å². The van der Waals surface area contributed by atoms with Crippen LogP contribution < -0.4 is 15.5 Å². The standard InChI is InChI=1S/C19H31FN6.HI/c1-21-19(23-10-5-15-6-11-25(2)12-7-15)24-16-8-13-26(14-16)18-17(20)4-3-9-22-18;/h3-4,9,15-16H,5-8,10-14H2,1-2H3,(H2,21,23,24);1H. The zero-order valence-electron chi connectivity index (χ0n) is 16.3. The molecule has 0 bridgehead atoms. The molecule has 2 fully saturated rings. The molecular formula is C19H32FIN6. The fourth-order valence-corrected chi connectivity index (χ4v) is 3.81. The maximum absolute atomic E-state index is 13.9. The Balaban J connectivity index is 0.00000261. The van der Waals surface area contributed by atoms with Crippen molar-refractivity contribution in [2.24, 2.45) is 10.9 Å². The van der Waals surface area contributed by atoms with Crippen LogP contribution in [0.5, 0.6) is 0 Å². The number of hydrogen-bond donors (Lipinski definition) is 2. The lowest BCUT2D eigenvalue weighted by Crippen LogP contribution is -2.45. The molecule has 27 heavy (non-hydrogen) atoms. The number of rotatable bonds is 5. The quantitative estimate of drug-likeness (QED) is 0.377. The predicted octanol–water partition coefficient (Wildman–Crippen LogP) is 2.31. The molecule has 0 aliphatic carbocycles. The van der Waals surface area contributed by atoms with Gasteiger partial charge in [0.15, 0.2) is 17.6 Å². The third-order valence-electron chi connectivity index (χ3n) is 5.47. The summed E-state index contributed by atoms with van der Waals surface area (Å²) in [5.74, 6) is 1.84. The van der Waals surface area contributed by atoms with Gasteiger partial charge in [-0.1, -0.05) is 0 Å². The molecular weight excluding hydrogens is 458 g/mol. The lowest BCUT2D eigenvalue weighted by molar-refractivity contribution is 0.213. The topological polar surface area (TPSA) is 55.8 Å². The third kappa shape index (κ3) is 6.44. The van der Waals surface area contributed by atoms with Crippen molar-refractivity contribution in [3.05, 3.63) is 24.1 Å². The van der Waals surface area contributed by atoms with E-state index in [2.05, 4.69) is 32.6 Å². The Kier molecular flexibility index (Phi) is 9.01. The highest BCUT2D eigenvalue weighted by Gasteiger charge is 2.26. The first-order chi connectivity index (χ1) is 12.7. The van der Waals surface area contributed by atoms with E-state index in [9.17, 15) is 4.39 Å². The summed E-state index contributed by atoms with van der Waals surface area (Å²) in [7, 11) is 4.00. The van der Waals surface area contributed by atoms with Gasteiger partial charge < -0.3 is 20.4 Å². The maximum atomic E-state index is 13.9. The van der Waals surface area contributed by atoms with Gasteiger partial charge in [0.25, 0.3) is 0 Å². The molecule has 1 unspecified atom stereocenters. The highest BCUT2D eigenvalue weighted by molar-refractivity contribution is 14.0. The molecule has 0 aromatic carbocycles. The van der Waals surface area contributed by atoms with Crippen molar-refractivity contribution >= 4 is 35.8 Å². The number of aliphatic imine (C=N–C) groups is 1. The molecule has 2 aliphatic heterocycles. The van der Waals surface area contributed by atoms with Crippen molar-refractivity contribution in [2.45, 2.75) is 31.7 Å². The van der Waals surface area contributed by atoms with Crippen LogP contribution in [0.4, 0.5) is 10.2 Å². The molecule has 1 aromatic rings. The van der Waals surface area contributed by atoms with E-state index >= 15 is 0 Å². The molecule has 3 rings (SSSR count). The Morgan fingerprint density at radius 1 is 1.30 bits per heavy atom. The van der Waals surface area contributed by atoms with Crippen LogP contribution >= 0.6 is 24.0 Å². The van der Waals surface area contributed by atoms with Gasteiger partial charge in [0.1, 0.15) is 0 Å². The van der Waals surface area contributed by atoms with E-state index < -0.39 is 0 Å². The van der Waals surface area contributed by atoms with Crippen molar-refractivity contribution in [3.8, 4) is 0 Å². The van der Waals surface area contributed by atoms with Gasteiger partial charge in [0.2, 0.25) is 0 Å². The Morgan fingerprint density at radius 2 is 2.07 bits per heavy atom. The van der Waals surface area contributed by atoms with E-state index in [4.69, 9.17) is 0 Å². The second-order valence-electron chi connectivity index (χ2n) is 7.42. The third-order valence-corrected chi connectivity index (χ3v) is 5.47. The largest absolute Gasteiger partial charge is 0.356 e. The van der Waals surface area contributed by atoms with Crippen LogP contribution in [0.1, 0.15) is 25.7 Å². The fourth-order valence-electron chi connectivity index (χ4n) is 3.81. The van der Waals surface area contributed by atoms with Gasteiger partial charge in [-0.25, -0.2) is 9.37 Å². The molecule has 1 atom stereocenters. The molecule has 2 aliphatic rings. The molecule has 0 saturated carbocycles. The number of nitrogens with one attached hydrogen (secondary N) is 2. The predicted molar refractivity (Wildman–Crippen MR) is 120 cm³/mol. The van der Waals surface area contributed by atoms with E-state index in [0.717, 1.165) is 37.9 Å². The number of piperidine rings is 1. The van der Waals surface area contributed by atoms with Crippen molar-refractivity contribution in [1.29, 1.82) is 0 Å². The van der Waals surface area contributed by atoms with Crippen molar-refractivity contribution < 1.29 is 4.39 Å². The lowest BCUT2D eigenvalue weighted by atomic mass is 9.94. The van der Waals surface area contributed by atoms with Crippen LogP contribution in [0.25, 0.3) is 0 Å². The molecule has 3 heterocycles. The summed E-state index contributed by atoms with van der Waals surface area (Å²) in [5, 5.41) is 6.91. The second-order valence-corrected chi connectivity index (χ2v) is 7.42. The molecule has 6 nitrogen and oxygen atoms in total.